The zero-order valence-corrected chi connectivity index (χ0v) is 20.1. The van der Waals surface area contributed by atoms with Gasteiger partial charge in [0.15, 0.2) is 5.78 Å². The minimum absolute atomic E-state index is 0.218. The summed E-state index contributed by atoms with van der Waals surface area (Å²) in [6, 6.07) is 6.53. The molecule has 0 unspecified atom stereocenters. The maximum absolute atomic E-state index is 13.0. The molecular weight excluding hydrogens is 450 g/mol. The molecular formula is C25H33N5O5. The molecule has 188 valence electrons. The van der Waals surface area contributed by atoms with Crippen LogP contribution in [0, 0.1) is 5.92 Å². The van der Waals surface area contributed by atoms with Crippen molar-refractivity contribution in [3.05, 3.63) is 48.0 Å². The number of amides is 2. The molecule has 1 saturated heterocycles. The number of benzene rings is 1. The van der Waals surface area contributed by atoms with Gasteiger partial charge in [-0.05, 0) is 43.5 Å². The first-order valence-electron chi connectivity index (χ1n) is 12.1. The second-order valence-corrected chi connectivity index (χ2v) is 9.27. The molecule has 2 amide bonds. The number of nitrogens with one attached hydrogen (secondary N) is 1. The summed E-state index contributed by atoms with van der Waals surface area (Å²) in [4.78, 5) is 44.5. The van der Waals surface area contributed by atoms with Gasteiger partial charge in [0.1, 0.15) is 11.8 Å². The van der Waals surface area contributed by atoms with Gasteiger partial charge in [0, 0.05) is 63.9 Å². The van der Waals surface area contributed by atoms with E-state index in [-0.39, 0.29) is 24.0 Å². The van der Waals surface area contributed by atoms with Crippen LogP contribution in [0.1, 0.15) is 35.3 Å². The van der Waals surface area contributed by atoms with E-state index in [1.54, 1.807) is 22.0 Å². The molecule has 1 aliphatic heterocycles. The van der Waals surface area contributed by atoms with Gasteiger partial charge < -0.3 is 24.6 Å². The van der Waals surface area contributed by atoms with Crippen LogP contribution in [0.2, 0.25) is 0 Å². The van der Waals surface area contributed by atoms with Crippen LogP contribution in [0.4, 0.5) is 4.79 Å². The Bertz CT molecular complexity index is 1030. The second-order valence-electron chi connectivity index (χ2n) is 9.27. The molecule has 0 spiro atoms. The number of aromatic nitrogens is 2. The highest BCUT2D eigenvalue weighted by molar-refractivity contribution is 5.99. The van der Waals surface area contributed by atoms with Gasteiger partial charge in [-0.15, -0.1) is 0 Å². The monoisotopic (exact) mass is 483 g/mol. The fourth-order valence-corrected chi connectivity index (χ4v) is 4.32. The summed E-state index contributed by atoms with van der Waals surface area (Å²) in [7, 11) is 1.83. The fourth-order valence-electron chi connectivity index (χ4n) is 4.32. The van der Waals surface area contributed by atoms with Gasteiger partial charge >= 0.3 is 6.09 Å². The number of nitrogens with zero attached hydrogens (tertiary/aromatic N) is 4. The number of carboxylic acid groups (broad SMARTS) is 1. The Morgan fingerprint density at radius 2 is 1.86 bits per heavy atom. The maximum atomic E-state index is 13.0. The summed E-state index contributed by atoms with van der Waals surface area (Å²) in [5.74, 6) is 0.996. The van der Waals surface area contributed by atoms with E-state index in [1.165, 1.54) is 0 Å². The lowest BCUT2D eigenvalue weighted by Crippen LogP contribution is -2.55. The Labute approximate surface area is 204 Å². The maximum Gasteiger partial charge on any atom is 0.405 e. The van der Waals surface area contributed by atoms with Crippen molar-refractivity contribution >= 4 is 17.8 Å². The molecule has 1 aromatic carbocycles. The minimum Gasteiger partial charge on any atom is -0.494 e. The molecule has 35 heavy (non-hydrogen) atoms. The molecule has 10 nitrogen and oxygen atoms in total. The topological polar surface area (TPSA) is 117 Å². The van der Waals surface area contributed by atoms with Crippen LogP contribution >= 0.6 is 0 Å². The molecule has 10 heteroatoms. The van der Waals surface area contributed by atoms with Gasteiger partial charge in [0.2, 0.25) is 5.91 Å². The predicted molar refractivity (Wildman–Crippen MR) is 128 cm³/mol. The molecule has 0 bridgehead atoms. The number of rotatable bonds is 11. The second kappa shape index (κ2) is 11.4. The lowest BCUT2D eigenvalue weighted by atomic mass is 10.1. The zero-order chi connectivity index (χ0) is 24.8. The van der Waals surface area contributed by atoms with Crippen LogP contribution in [-0.2, 0) is 18.3 Å². The van der Waals surface area contributed by atoms with Gasteiger partial charge in [0.05, 0.1) is 18.6 Å². The van der Waals surface area contributed by atoms with E-state index in [2.05, 4.69) is 15.2 Å². The SMILES string of the molecule is Cn1cnc(C[C@@H](NC(=O)O)C(=O)N2CCN(CCCOc3ccc(C(=O)C4CC4)cc3)CC2)c1. The van der Waals surface area contributed by atoms with Crippen molar-refractivity contribution in [1.82, 2.24) is 24.7 Å². The number of piperazine rings is 1. The molecule has 1 aliphatic carbocycles. The van der Waals surface area contributed by atoms with Crippen molar-refractivity contribution < 1.29 is 24.2 Å². The average molecular weight is 484 g/mol. The first-order valence-corrected chi connectivity index (χ1v) is 12.1. The van der Waals surface area contributed by atoms with E-state index in [0.717, 1.165) is 50.2 Å². The Kier molecular flexibility index (Phi) is 8.02. The van der Waals surface area contributed by atoms with Crippen LogP contribution in [-0.4, -0.2) is 87.6 Å². The number of carbonyl (C=O) groups is 3. The fraction of sp³-hybridized carbons (Fsp3) is 0.520. The molecule has 2 heterocycles. The van der Waals surface area contributed by atoms with Crippen LogP contribution in [0.25, 0.3) is 0 Å². The number of imidazole rings is 1. The van der Waals surface area contributed by atoms with Crippen molar-refractivity contribution in [1.29, 1.82) is 0 Å². The van der Waals surface area contributed by atoms with Crippen LogP contribution in [0.15, 0.2) is 36.8 Å². The lowest BCUT2D eigenvalue weighted by molar-refractivity contribution is -0.135. The van der Waals surface area contributed by atoms with Gasteiger partial charge in [-0.3, -0.25) is 14.5 Å². The summed E-state index contributed by atoms with van der Waals surface area (Å²) >= 11 is 0. The molecule has 4 rings (SSSR count). The van der Waals surface area contributed by atoms with E-state index in [1.807, 2.05) is 31.3 Å². The van der Waals surface area contributed by atoms with Crippen LogP contribution in [0.5, 0.6) is 5.75 Å². The van der Waals surface area contributed by atoms with Crippen molar-refractivity contribution in [3.63, 3.8) is 0 Å². The summed E-state index contributed by atoms with van der Waals surface area (Å²) in [5.41, 5.74) is 1.43. The summed E-state index contributed by atoms with van der Waals surface area (Å²) in [6.45, 7) is 3.99. The molecule has 2 N–H and O–H groups in total. The average Bonchev–Trinajstić information content (AvgIpc) is 3.63. The smallest absolute Gasteiger partial charge is 0.405 e. The molecule has 2 fully saturated rings. The largest absolute Gasteiger partial charge is 0.494 e. The Morgan fingerprint density at radius 1 is 1.14 bits per heavy atom. The van der Waals surface area contributed by atoms with Gasteiger partial charge in [-0.25, -0.2) is 9.78 Å². The Balaban J connectivity index is 1.17. The van der Waals surface area contributed by atoms with Crippen molar-refractivity contribution in [2.24, 2.45) is 13.0 Å². The number of hydrogen-bond acceptors (Lipinski definition) is 6. The van der Waals surface area contributed by atoms with E-state index >= 15 is 0 Å². The Hall–Kier alpha value is -3.40. The highest BCUT2D eigenvalue weighted by Gasteiger charge is 2.30. The van der Waals surface area contributed by atoms with Crippen LogP contribution in [0.3, 0.4) is 0 Å². The van der Waals surface area contributed by atoms with E-state index in [9.17, 15) is 19.5 Å². The number of hydrogen-bond donors (Lipinski definition) is 2. The molecule has 1 aromatic heterocycles. The third-order valence-electron chi connectivity index (χ3n) is 6.43. The van der Waals surface area contributed by atoms with E-state index in [0.29, 0.717) is 25.4 Å². The normalized spacial score (nSPS) is 17.1. The van der Waals surface area contributed by atoms with Gasteiger partial charge in [0.25, 0.3) is 0 Å². The number of aryl methyl sites for hydroxylation is 1. The van der Waals surface area contributed by atoms with E-state index in [4.69, 9.17) is 4.74 Å². The van der Waals surface area contributed by atoms with Gasteiger partial charge in [-0.2, -0.15) is 0 Å². The molecule has 2 aromatic rings. The Morgan fingerprint density at radius 3 is 2.46 bits per heavy atom. The van der Waals surface area contributed by atoms with E-state index < -0.39 is 12.1 Å². The first-order chi connectivity index (χ1) is 16.9. The lowest BCUT2D eigenvalue weighted by Gasteiger charge is -2.36. The highest BCUT2D eigenvalue weighted by atomic mass is 16.5. The summed E-state index contributed by atoms with van der Waals surface area (Å²) < 4.78 is 7.59. The first kappa shape index (κ1) is 24.7. The molecule has 2 aliphatic rings. The third-order valence-corrected chi connectivity index (χ3v) is 6.43. The number of ether oxygens (including phenoxy) is 1. The van der Waals surface area contributed by atoms with Crippen molar-refractivity contribution in [3.8, 4) is 5.75 Å². The van der Waals surface area contributed by atoms with Crippen molar-refractivity contribution in [2.75, 3.05) is 39.3 Å². The molecule has 0 radical (unpaired) electrons. The summed E-state index contributed by atoms with van der Waals surface area (Å²) in [6.07, 6.45) is 5.27. The number of Topliss-reactive ketones (excluding diaryl/α,β-unsaturated/α-hetero) is 1. The van der Waals surface area contributed by atoms with Crippen molar-refractivity contribution in [2.45, 2.75) is 31.7 Å². The predicted octanol–water partition coefficient (Wildman–Crippen LogP) is 1.80. The highest BCUT2D eigenvalue weighted by Crippen LogP contribution is 2.32. The molecule has 1 saturated carbocycles. The van der Waals surface area contributed by atoms with Crippen LogP contribution < -0.4 is 10.1 Å². The van der Waals surface area contributed by atoms with Gasteiger partial charge in [-0.1, -0.05) is 0 Å². The zero-order valence-electron chi connectivity index (χ0n) is 20.1. The standard InChI is InChI=1S/C25H33N5O5/c1-28-16-20(26-17-28)15-22(27-25(33)34)24(32)30-12-10-29(11-13-30)9-2-14-35-21-7-5-19(6-8-21)23(31)18-3-4-18/h5-8,16-18,22,27H,2-4,9-15H2,1H3,(H,33,34)/t22-/m1/s1. The molecule has 1 atom stereocenters. The quantitative estimate of drug-likeness (QED) is 0.370. The number of ketones is 1. The minimum atomic E-state index is -1.22. The summed E-state index contributed by atoms with van der Waals surface area (Å²) in [5, 5.41) is 11.5. The number of carbonyl (C=O) groups excluding carboxylic acids is 2. The third kappa shape index (κ3) is 7.05.